The van der Waals surface area contributed by atoms with Gasteiger partial charge in [0.1, 0.15) is 0 Å². The Hall–Kier alpha value is -3.03. The third-order valence-electron chi connectivity index (χ3n) is 5.37. The molecule has 0 saturated carbocycles. The molecule has 7 nitrogen and oxygen atoms in total. The molecule has 0 atom stereocenters. The van der Waals surface area contributed by atoms with Crippen molar-refractivity contribution in [1.82, 2.24) is 18.7 Å². The molecule has 1 aliphatic rings. The Morgan fingerprint density at radius 1 is 1.00 bits per heavy atom. The fraction of sp³-hybridized carbons (Fsp3) is 0.190. The van der Waals surface area contributed by atoms with Gasteiger partial charge in [0.05, 0.1) is 6.54 Å². The highest BCUT2D eigenvalue weighted by atomic mass is 35.5. The van der Waals surface area contributed by atoms with Crippen molar-refractivity contribution in [1.29, 1.82) is 0 Å². The number of hydrogen-bond acceptors (Lipinski definition) is 4. The molecule has 0 fully saturated rings. The van der Waals surface area contributed by atoms with E-state index >= 15 is 0 Å². The van der Waals surface area contributed by atoms with E-state index in [0.29, 0.717) is 40.2 Å². The summed E-state index contributed by atoms with van der Waals surface area (Å²) in [6.45, 7) is 1.42. The Bertz CT molecular complexity index is 1400. The first-order chi connectivity index (χ1) is 14.4. The van der Waals surface area contributed by atoms with E-state index in [-0.39, 0.29) is 12.1 Å². The van der Waals surface area contributed by atoms with Crippen LogP contribution in [0.3, 0.4) is 0 Å². The minimum Gasteiger partial charge on any atom is -0.310 e. The van der Waals surface area contributed by atoms with Crippen LogP contribution in [0.4, 0.5) is 11.6 Å². The number of hydrogen-bond donors (Lipinski definition) is 0. The maximum absolute atomic E-state index is 13.3. The van der Waals surface area contributed by atoms with Crippen LogP contribution in [-0.2, 0) is 20.1 Å². The number of aryl methyl sites for hydroxylation is 1. The number of fused-ring (bicyclic) bond motifs is 3. The summed E-state index contributed by atoms with van der Waals surface area (Å²) in [5.74, 6) is 0.639. The van der Waals surface area contributed by atoms with Gasteiger partial charge in [-0.2, -0.15) is 4.98 Å². The smallest absolute Gasteiger partial charge is 0.310 e. The van der Waals surface area contributed by atoms with Crippen LogP contribution in [0, 0.1) is 0 Å². The molecule has 5 rings (SSSR count). The molecular weight excluding hydrogens is 425 g/mol. The predicted octanol–water partition coefficient (Wildman–Crippen LogP) is 3.40. The molecule has 152 valence electrons. The van der Waals surface area contributed by atoms with Gasteiger partial charge in [0.15, 0.2) is 11.2 Å². The zero-order valence-electron chi connectivity index (χ0n) is 16.0. The van der Waals surface area contributed by atoms with Crippen LogP contribution >= 0.6 is 23.2 Å². The molecule has 0 aliphatic carbocycles. The van der Waals surface area contributed by atoms with Gasteiger partial charge in [0, 0.05) is 35.9 Å². The van der Waals surface area contributed by atoms with Crippen molar-refractivity contribution in [2.24, 2.45) is 7.05 Å². The molecule has 3 heterocycles. The SMILES string of the molecule is Cn1c(=O)n(Cc2cccc(Cl)c2)c(=O)c2c1nc1n2CCN1c1ccc(Cl)cc1. The van der Waals surface area contributed by atoms with E-state index in [1.54, 1.807) is 25.2 Å². The molecule has 4 aromatic rings. The Labute approximate surface area is 181 Å². The molecule has 0 unspecified atom stereocenters. The summed E-state index contributed by atoms with van der Waals surface area (Å²) in [5, 5.41) is 1.21. The lowest BCUT2D eigenvalue weighted by Crippen LogP contribution is -2.40. The number of imidazole rings is 1. The van der Waals surface area contributed by atoms with Crippen LogP contribution in [0.5, 0.6) is 0 Å². The second-order valence-electron chi connectivity index (χ2n) is 7.23. The molecule has 2 aromatic carbocycles. The molecule has 2 aromatic heterocycles. The van der Waals surface area contributed by atoms with Crippen molar-refractivity contribution in [2.45, 2.75) is 13.1 Å². The molecule has 0 radical (unpaired) electrons. The Morgan fingerprint density at radius 2 is 1.77 bits per heavy atom. The summed E-state index contributed by atoms with van der Waals surface area (Å²) in [6.07, 6.45) is 0. The molecule has 9 heteroatoms. The molecule has 1 aliphatic heterocycles. The molecule has 0 N–H and O–H groups in total. The Balaban J connectivity index is 1.67. The van der Waals surface area contributed by atoms with Gasteiger partial charge in [0.25, 0.3) is 5.56 Å². The van der Waals surface area contributed by atoms with E-state index in [1.807, 2.05) is 39.8 Å². The van der Waals surface area contributed by atoms with Crippen LogP contribution in [0.25, 0.3) is 11.2 Å². The molecule has 30 heavy (non-hydrogen) atoms. The first-order valence-electron chi connectivity index (χ1n) is 9.41. The lowest BCUT2D eigenvalue weighted by molar-refractivity contribution is 0.652. The third-order valence-corrected chi connectivity index (χ3v) is 5.86. The summed E-state index contributed by atoms with van der Waals surface area (Å²) >= 11 is 12.1. The van der Waals surface area contributed by atoms with Crippen molar-refractivity contribution < 1.29 is 0 Å². The second-order valence-corrected chi connectivity index (χ2v) is 8.10. The fourth-order valence-corrected chi connectivity index (χ4v) is 4.24. The van der Waals surface area contributed by atoms with E-state index < -0.39 is 5.69 Å². The summed E-state index contributed by atoms with van der Waals surface area (Å²) in [7, 11) is 1.63. The van der Waals surface area contributed by atoms with Crippen LogP contribution in [0.15, 0.2) is 58.1 Å². The largest absolute Gasteiger partial charge is 0.332 e. The van der Waals surface area contributed by atoms with Gasteiger partial charge in [-0.15, -0.1) is 0 Å². The van der Waals surface area contributed by atoms with Gasteiger partial charge in [-0.05, 0) is 42.0 Å². The highest BCUT2D eigenvalue weighted by Crippen LogP contribution is 2.32. The summed E-state index contributed by atoms with van der Waals surface area (Å²) < 4.78 is 4.53. The Kier molecular flexibility index (Phi) is 4.45. The highest BCUT2D eigenvalue weighted by Gasteiger charge is 2.28. The average molecular weight is 442 g/mol. The minimum absolute atomic E-state index is 0.142. The number of anilines is 2. The van der Waals surface area contributed by atoms with Crippen LogP contribution in [0.2, 0.25) is 10.0 Å². The average Bonchev–Trinajstić information content (AvgIpc) is 3.30. The first-order valence-corrected chi connectivity index (χ1v) is 10.2. The van der Waals surface area contributed by atoms with Gasteiger partial charge in [-0.25, -0.2) is 4.79 Å². The second kappa shape index (κ2) is 7.04. The van der Waals surface area contributed by atoms with Crippen molar-refractivity contribution in [3.8, 4) is 0 Å². The minimum atomic E-state index is -0.415. The number of rotatable bonds is 3. The van der Waals surface area contributed by atoms with Gasteiger partial charge < -0.3 is 9.47 Å². The van der Waals surface area contributed by atoms with Crippen LogP contribution in [-0.4, -0.2) is 25.2 Å². The quantitative estimate of drug-likeness (QED) is 0.488. The van der Waals surface area contributed by atoms with Crippen LogP contribution in [0.1, 0.15) is 5.56 Å². The van der Waals surface area contributed by atoms with E-state index in [9.17, 15) is 9.59 Å². The highest BCUT2D eigenvalue weighted by molar-refractivity contribution is 6.30. The molecule has 0 spiro atoms. The van der Waals surface area contributed by atoms with E-state index in [0.717, 1.165) is 11.3 Å². The van der Waals surface area contributed by atoms with Gasteiger partial charge in [-0.1, -0.05) is 35.3 Å². The lowest BCUT2D eigenvalue weighted by Gasteiger charge is -2.15. The molecule has 0 amide bonds. The summed E-state index contributed by atoms with van der Waals surface area (Å²) in [5.41, 5.74) is 1.74. The lowest BCUT2D eigenvalue weighted by atomic mass is 10.2. The topological polar surface area (TPSA) is 65.1 Å². The van der Waals surface area contributed by atoms with E-state index in [4.69, 9.17) is 23.2 Å². The van der Waals surface area contributed by atoms with E-state index in [1.165, 1.54) is 9.13 Å². The summed E-state index contributed by atoms with van der Waals surface area (Å²) in [4.78, 5) is 32.9. The molecule has 0 bridgehead atoms. The van der Waals surface area contributed by atoms with Gasteiger partial charge in [-0.3, -0.25) is 13.9 Å². The maximum atomic E-state index is 13.3. The maximum Gasteiger partial charge on any atom is 0.332 e. The standard InChI is InChI=1S/C21H17Cl2N5O2/c1-25-18-17(19(29)28(21(25)30)12-13-3-2-4-15(23)11-13)27-10-9-26(20(27)24-18)16-7-5-14(22)6-8-16/h2-8,11H,9-10,12H2,1H3. The first kappa shape index (κ1) is 19.0. The Morgan fingerprint density at radius 3 is 2.50 bits per heavy atom. The number of benzene rings is 2. The normalized spacial score (nSPS) is 13.2. The van der Waals surface area contributed by atoms with Crippen LogP contribution < -0.4 is 16.1 Å². The van der Waals surface area contributed by atoms with Crippen molar-refractivity contribution in [3.05, 3.63) is 85.0 Å². The number of halogens is 2. The predicted molar refractivity (Wildman–Crippen MR) is 118 cm³/mol. The van der Waals surface area contributed by atoms with Crippen molar-refractivity contribution in [2.75, 3.05) is 11.4 Å². The number of aromatic nitrogens is 4. The number of nitrogens with zero attached hydrogens (tertiary/aromatic N) is 5. The molecular formula is C21H17Cl2N5O2. The fourth-order valence-electron chi connectivity index (χ4n) is 3.90. The zero-order chi connectivity index (χ0) is 21.0. The van der Waals surface area contributed by atoms with Gasteiger partial charge in [0.2, 0.25) is 5.95 Å². The van der Waals surface area contributed by atoms with Gasteiger partial charge >= 0.3 is 5.69 Å². The zero-order valence-corrected chi connectivity index (χ0v) is 17.6. The molecule has 0 saturated heterocycles. The summed E-state index contributed by atoms with van der Waals surface area (Å²) in [6, 6.07) is 14.6. The van der Waals surface area contributed by atoms with E-state index in [2.05, 4.69) is 4.98 Å². The van der Waals surface area contributed by atoms with Crippen molar-refractivity contribution in [3.63, 3.8) is 0 Å². The third kappa shape index (κ3) is 2.93. The van der Waals surface area contributed by atoms with Crippen molar-refractivity contribution >= 4 is 46.0 Å². The monoisotopic (exact) mass is 441 g/mol.